The van der Waals surface area contributed by atoms with Gasteiger partial charge in [-0.2, -0.15) is 5.26 Å². The van der Waals surface area contributed by atoms with Crippen LogP contribution in [0.4, 0.5) is 0 Å². The van der Waals surface area contributed by atoms with Gasteiger partial charge in [-0.15, -0.1) is 10.2 Å². The molecule has 0 spiro atoms. The number of aromatic nitrogens is 3. The second-order valence-electron chi connectivity index (χ2n) is 4.63. The topological polar surface area (TPSA) is 67.6 Å². The number of hydrogen-bond acceptors (Lipinski definition) is 5. The van der Waals surface area contributed by atoms with E-state index in [0.717, 1.165) is 28.8 Å². The molecule has 0 aliphatic carbocycles. The third-order valence-corrected chi connectivity index (χ3v) is 4.24. The Bertz CT molecular complexity index is 802. The first kappa shape index (κ1) is 14.4. The Hall–Kier alpha value is -2.52. The van der Waals surface area contributed by atoms with Crippen molar-refractivity contribution in [1.29, 1.82) is 5.26 Å². The highest BCUT2D eigenvalue weighted by molar-refractivity contribution is 7.98. The van der Waals surface area contributed by atoms with Crippen molar-refractivity contribution in [2.45, 2.75) is 24.4 Å². The molecule has 110 valence electrons. The van der Waals surface area contributed by atoms with E-state index in [2.05, 4.69) is 23.2 Å². The predicted octanol–water partition coefficient (Wildman–Crippen LogP) is 3.72. The number of rotatable bonds is 5. The smallest absolute Gasteiger partial charge is 0.200 e. The highest BCUT2D eigenvalue weighted by Crippen LogP contribution is 2.26. The first-order valence-corrected chi connectivity index (χ1v) is 7.89. The van der Waals surface area contributed by atoms with Crippen LogP contribution in [0.1, 0.15) is 18.1 Å². The van der Waals surface area contributed by atoms with Crippen molar-refractivity contribution in [3.63, 3.8) is 0 Å². The van der Waals surface area contributed by atoms with Crippen LogP contribution in [0.3, 0.4) is 0 Å². The lowest BCUT2D eigenvalue weighted by molar-refractivity contribution is 0.567. The lowest BCUT2D eigenvalue weighted by Gasteiger charge is -2.06. The molecule has 0 saturated heterocycles. The summed E-state index contributed by atoms with van der Waals surface area (Å²) in [6.45, 7) is 2.82. The normalized spacial score (nSPS) is 10.5. The van der Waals surface area contributed by atoms with E-state index in [9.17, 15) is 0 Å². The first-order valence-electron chi connectivity index (χ1n) is 6.90. The molecule has 0 saturated carbocycles. The molecule has 2 heterocycles. The van der Waals surface area contributed by atoms with Gasteiger partial charge in [-0.05, 0) is 36.8 Å². The predicted molar refractivity (Wildman–Crippen MR) is 84.1 cm³/mol. The largest absolute Gasteiger partial charge is 0.461 e. The number of thioether (sulfide) groups is 1. The van der Waals surface area contributed by atoms with E-state index in [1.807, 2.05) is 34.9 Å². The van der Waals surface area contributed by atoms with Crippen molar-refractivity contribution in [1.82, 2.24) is 14.8 Å². The number of benzene rings is 1. The minimum absolute atomic E-state index is 0.673. The molecule has 3 rings (SSSR count). The minimum Gasteiger partial charge on any atom is -0.461 e. The fourth-order valence-corrected chi connectivity index (χ4v) is 3.09. The Labute approximate surface area is 132 Å². The van der Waals surface area contributed by atoms with Crippen LogP contribution in [0.2, 0.25) is 0 Å². The maximum absolute atomic E-state index is 8.94. The van der Waals surface area contributed by atoms with Crippen molar-refractivity contribution in [2.75, 3.05) is 0 Å². The van der Waals surface area contributed by atoms with Crippen LogP contribution < -0.4 is 0 Å². The molecular formula is C16H14N4OS. The van der Waals surface area contributed by atoms with Crippen molar-refractivity contribution in [2.24, 2.45) is 0 Å². The molecule has 5 nitrogen and oxygen atoms in total. The van der Waals surface area contributed by atoms with Gasteiger partial charge in [0.15, 0.2) is 16.7 Å². The Balaban J connectivity index is 1.80. The van der Waals surface area contributed by atoms with Gasteiger partial charge in [-0.3, -0.25) is 4.57 Å². The Morgan fingerprint density at radius 2 is 2.18 bits per heavy atom. The van der Waals surface area contributed by atoms with Crippen LogP contribution in [0.5, 0.6) is 0 Å². The molecule has 0 bridgehead atoms. The van der Waals surface area contributed by atoms with Gasteiger partial charge in [-0.1, -0.05) is 23.9 Å². The molecule has 0 aliphatic rings. The maximum Gasteiger partial charge on any atom is 0.200 e. The fourth-order valence-electron chi connectivity index (χ4n) is 2.15. The van der Waals surface area contributed by atoms with E-state index in [1.165, 1.54) is 0 Å². The van der Waals surface area contributed by atoms with Crippen molar-refractivity contribution >= 4 is 11.8 Å². The van der Waals surface area contributed by atoms with E-state index in [1.54, 1.807) is 24.1 Å². The van der Waals surface area contributed by atoms with Crippen molar-refractivity contribution in [3.05, 3.63) is 53.8 Å². The third kappa shape index (κ3) is 2.90. The summed E-state index contributed by atoms with van der Waals surface area (Å²) >= 11 is 1.60. The average Bonchev–Trinajstić information content (AvgIpc) is 3.21. The molecule has 0 radical (unpaired) electrons. The van der Waals surface area contributed by atoms with E-state index >= 15 is 0 Å². The van der Waals surface area contributed by atoms with Crippen LogP contribution in [-0.4, -0.2) is 14.8 Å². The lowest BCUT2D eigenvalue weighted by atomic mass is 10.2. The fraction of sp³-hybridized carbons (Fsp3) is 0.188. The van der Waals surface area contributed by atoms with E-state index in [0.29, 0.717) is 11.3 Å². The molecule has 6 heteroatoms. The Morgan fingerprint density at radius 3 is 2.91 bits per heavy atom. The summed E-state index contributed by atoms with van der Waals surface area (Å²) in [7, 11) is 0. The molecular weight excluding hydrogens is 296 g/mol. The summed E-state index contributed by atoms with van der Waals surface area (Å²) in [4.78, 5) is 0. The van der Waals surface area contributed by atoms with Crippen LogP contribution in [0.15, 0.2) is 52.2 Å². The maximum atomic E-state index is 8.94. The zero-order valence-corrected chi connectivity index (χ0v) is 12.9. The summed E-state index contributed by atoms with van der Waals surface area (Å²) in [5.41, 5.74) is 1.76. The van der Waals surface area contributed by atoms with Gasteiger partial charge in [0.05, 0.1) is 17.9 Å². The van der Waals surface area contributed by atoms with Gasteiger partial charge >= 0.3 is 0 Å². The third-order valence-electron chi connectivity index (χ3n) is 3.20. The Morgan fingerprint density at radius 1 is 1.27 bits per heavy atom. The second-order valence-corrected chi connectivity index (χ2v) is 5.57. The van der Waals surface area contributed by atoms with E-state index < -0.39 is 0 Å². The van der Waals surface area contributed by atoms with Gasteiger partial charge in [0.1, 0.15) is 0 Å². The van der Waals surface area contributed by atoms with Crippen LogP contribution in [-0.2, 0) is 12.3 Å². The highest BCUT2D eigenvalue weighted by Gasteiger charge is 2.15. The summed E-state index contributed by atoms with van der Waals surface area (Å²) < 4.78 is 7.43. The zero-order valence-electron chi connectivity index (χ0n) is 12.1. The summed E-state index contributed by atoms with van der Waals surface area (Å²) in [5, 5.41) is 18.3. The summed E-state index contributed by atoms with van der Waals surface area (Å²) in [6, 6.07) is 13.5. The molecule has 0 fully saturated rings. The first-order chi connectivity index (χ1) is 10.8. The highest BCUT2D eigenvalue weighted by atomic mass is 32.2. The quantitative estimate of drug-likeness (QED) is 0.672. The molecule has 2 aromatic heterocycles. The van der Waals surface area contributed by atoms with Crippen LogP contribution in [0, 0.1) is 11.3 Å². The number of furan rings is 1. The van der Waals surface area contributed by atoms with Gasteiger partial charge < -0.3 is 4.42 Å². The number of nitriles is 1. The zero-order chi connectivity index (χ0) is 15.4. The van der Waals surface area contributed by atoms with Crippen LogP contribution in [0.25, 0.3) is 11.6 Å². The van der Waals surface area contributed by atoms with Gasteiger partial charge in [0, 0.05) is 12.3 Å². The second kappa shape index (κ2) is 6.50. The van der Waals surface area contributed by atoms with Gasteiger partial charge in [0.2, 0.25) is 0 Å². The molecule has 0 aliphatic heterocycles. The molecule has 0 amide bonds. The Kier molecular flexibility index (Phi) is 4.26. The summed E-state index contributed by atoms with van der Waals surface area (Å²) in [6.07, 6.45) is 1.63. The van der Waals surface area contributed by atoms with Gasteiger partial charge in [0.25, 0.3) is 0 Å². The van der Waals surface area contributed by atoms with E-state index in [4.69, 9.17) is 9.68 Å². The average molecular weight is 310 g/mol. The molecule has 0 N–H and O–H groups in total. The van der Waals surface area contributed by atoms with Gasteiger partial charge in [-0.25, -0.2) is 0 Å². The minimum atomic E-state index is 0.673. The monoisotopic (exact) mass is 310 g/mol. The SMILES string of the molecule is CCn1c(SCc2cccc(C#N)c2)nnc1-c1ccco1. The van der Waals surface area contributed by atoms with Crippen LogP contribution >= 0.6 is 11.8 Å². The molecule has 0 atom stereocenters. The molecule has 0 unspecified atom stereocenters. The molecule has 22 heavy (non-hydrogen) atoms. The molecule has 1 aromatic carbocycles. The van der Waals surface area contributed by atoms with Crippen molar-refractivity contribution < 1.29 is 4.42 Å². The lowest BCUT2D eigenvalue weighted by Crippen LogP contribution is -1.99. The standard InChI is InChI=1S/C16H14N4OS/c1-2-20-15(14-7-4-8-21-14)18-19-16(20)22-11-13-6-3-5-12(9-13)10-17/h3-9H,2,11H2,1H3. The van der Waals surface area contributed by atoms with Crippen molar-refractivity contribution in [3.8, 4) is 17.7 Å². The number of hydrogen-bond donors (Lipinski definition) is 0. The van der Waals surface area contributed by atoms with E-state index in [-0.39, 0.29) is 0 Å². The summed E-state index contributed by atoms with van der Waals surface area (Å²) in [5.74, 6) is 2.19. The molecule has 3 aromatic rings. The number of nitrogens with zero attached hydrogens (tertiary/aromatic N) is 4.